The molecule has 4 heteroatoms. The van der Waals surface area contributed by atoms with E-state index in [1.54, 1.807) is 0 Å². The molecule has 23 heavy (non-hydrogen) atoms. The Morgan fingerprint density at radius 3 is 2.52 bits per heavy atom. The van der Waals surface area contributed by atoms with E-state index in [4.69, 9.17) is 10.5 Å². The normalized spacial score (nSPS) is 13.3. The highest BCUT2D eigenvalue weighted by atomic mass is 16.5. The summed E-state index contributed by atoms with van der Waals surface area (Å²) in [5, 5.41) is 2.82. The van der Waals surface area contributed by atoms with Crippen molar-refractivity contribution in [2.45, 2.75) is 32.2 Å². The molecule has 2 aromatic carbocycles. The van der Waals surface area contributed by atoms with Crippen molar-refractivity contribution >= 4 is 11.6 Å². The fraction of sp³-hybridized carbons (Fsp3) is 0.316. The van der Waals surface area contributed by atoms with Crippen LogP contribution in [-0.4, -0.2) is 12.5 Å². The van der Waals surface area contributed by atoms with Gasteiger partial charge in [-0.15, -0.1) is 0 Å². The van der Waals surface area contributed by atoms with Gasteiger partial charge in [0.25, 0.3) is 5.91 Å². The summed E-state index contributed by atoms with van der Waals surface area (Å²) in [5.74, 6) is 0.600. The number of nitrogens with two attached hydrogens (primary N) is 1. The van der Waals surface area contributed by atoms with E-state index in [2.05, 4.69) is 17.4 Å². The number of benzene rings is 2. The van der Waals surface area contributed by atoms with Crippen LogP contribution in [0, 0.1) is 0 Å². The first-order valence-electron chi connectivity index (χ1n) is 8.08. The summed E-state index contributed by atoms with van der Waals surface area (Å²) in [6.45, 7) is 0.507. The summed E-state index contributed by atoms with van der Waals surface area (Å²) in [6.07, 6.45) is 4.75. The topological polar surface area (TPSA) is 64.3 Å². The van der Waals surface area contributed by atoms with Crippen LogP contribution in [-0.2, 0) is 24.2 Å². The largest absolute Gasteiger partial charge is 0.484 e. The second-order valence-electron chi connectivity index (χ2n) is 5.88. The molecule has 0 aliphatic heterocycles. The average molecular weight is 310 g/mol. The van der Waals surface area contributed by atoms with Gasteiger partial charge in [-0.25, -0.2) is 0 Å². The smallest absolute Gasteiger partial charge is 0.262 e. The molecule has 3 rings (SSSR count). The first kappa shape index (κ1) is 15.6. The molecule has 0 saturated heterocycles. The highest BCUT2D eigenvalue weighted by Crippen LogP contribution is 2.25. The van der Waals surface area contributed by atoms with E-state index < -0.39 is 0 Å². The lowest BCUT2D eigenvalue weighted by molar-refractivity contribution is -0.118. The van der Waals surface area contributed by atoms with E-state index in [0.717, 1.165) is 29.8 Å². The van der Waals surface area contributed by atoms with Gasteiger partial charge in [0.1, 0.15) is 5.75 Å². The van der Waals surface area contributed by atoms with E-state index in [9.17, 15) is 4.79 Å². The SMILES string of the molecule is NCc1ccc(NC(=O)COc2ccc3c(c2)CCCC3)cc1. The molecule has 0 radical (unpaired) electrons. The number of nitrogens with one attached hydrogen (secondary N) is 1. The monoisotopic (exact) mass is 310 g/mol. The minimum atomic E-state index is -0.164. The number of rotatable bonds is 5. The molecule has 4 nitrogen and oxygen atoms in total. The van der Waals surface area contributed by atoms with Crippen molar-refractivity contribution in [2.75, 3.05) is 11.9 Å². The molecule has 0 fully saturated rings. The van der Waals surface area contributed by atoms with E-state index in [1.165, 1.54) is 24.0 Å². The molecule has 0 bridgehead atoms. The van der Waals surface area contributed by atoms with Gasteiger partial charge in [-0.05, 0) is 66.6 Å². The zero-order valence-electron chi connectivity index (χ0n) is 13.2. The van der Waals surface area contributed by atoms with Crippen LogP contribution in [0.5, 0.6) is 5.75 Å². The predicted octanol–water partition coefficient (Wildman–Crippen LogP) is 3.04. The number of aryl methyl sites for hydroxylation is 2. The van der Waals surface area contributed by atoms with Crippen molar-refractivity contribution in [3.05, 3.63) is 59.2 Å². The van der Waals surface area contributed by atoms with Crippen LogP contribution < -0.4 is 15.8 Å². The van der Waals surface area contributed by atoms with Crippen LogP contribution in [0.1, 0.15) is 29.5 Å². The Bertz CT molecular complexity index is 680. The summed E-state index contributed by atoms with van der Waals surface area (Å²) in [4.78, 5) is 12.0. The second-order valence-corrected chi connectivity index (χ2v) is 5.88. The predicted molar refractivity (Wildman–Crippen MR) is 91.5 cm³/mol. The number of anilines is 1. The molecule has 0 spiro atoms. The van der Waals surface area contributed by atoms with Gasteiger partial charge in [-0.2, -0.15) is 0 Å². The molecule has 0 aromatic heterocycles. The van der Waals surface area contributed by atoms with Gasteiger partial charge < -0.3 is 15.8 Å². The minimum absolute atomic E-state index is 0.0113. The van der Waals surface area contributed by atoms with E-state index in [-0.39, 0.29) is 12.5 Å². The second kappa shape index (κ2) is 7.29. The highest BCUT2D eigenvalue weighted by Gasteiger charge is 2.10. The van der Waals surface area contributed by atoms with Crippen LogP contribution >= 0.6 is 0 Å². The van der Waals surface area contributed by atoms with Crippen LogP contribution in [0.25, 0.3) is 0 Å². The summed E-state index contributed by atoms with van der Waals surface area (Å²) >= 11 is 0. The Morgan fingerprint density at radius 1 is 1.04 bits per heavy atom. The van der Waals surface area contributed by atoms with Crippen molar-refractivity contribution in [1.29, 1.82) is 0 Å². The molecule has 0 saturated carbocycles. The quantitative estimate of drug-likeness (QED) is 0.892. The zero-order chi connectivity index (χ0) is 16.1. The standard InChI is InChI=1S/C19H22N2O2/c20-12-14-5-8-17(9-6-14)21-19(22)13-23-18-10-7-15-3-1-2-4-16(15)11-18/h5-11H,1-4,12-13,20H2,(H,21,22). The maximum atomic E-state index is 12.0. The Hall–Kier alpha value is -2.33. The van der Waals surface area contributed by atoms with Gasteiger partial charge >= 0.3 is 0 Å². The number of ether oxygens (including phenoxy) is 1. The van der Waals surface area contributed by atoms with Crippen LogP contribution in [0.15, 0.2) is 42.5 Å². The number of amides is 1. The third-order valence-electron chi connectivity index (χ3n) is 4.16. The molecule has 1 aliphatic rings. The summed E-state index contributed by atoms with van der Waals surface area (Å²) in [7, 11) is 0. The molecular weight excluding hydrogens is 288 g/mol. The summed E-state index contributed by atoms with van der Waals surface area (Å²) in [6, 6.07) is 13.6. The van der Waals surface area contributed by atoms with E-state index in [0.29, 0.717) is 6.54 Å². The minimum Gasteiger partial charge on any atom is -0.484 e. The van der Waals surface area contributed by atoms with Crippen molar-refractivity contribution in [3.8, 4) is 5.75 Å². The van der Waals surface area contributed by atoms with Gasteiger partial charge in [-0.3, -0.25) is 4.79 Å². The number of carbonyl (C=O) groups is 1. The molecule has 0 heterocycles. The summed E-state index contributed by atoms with van der Waals surface area (Å²) < 4.78 is 5.62. The molecule has 3 N–H and O–H groups in total. The summed E-state index contributed by atoms with van der Waals surface area (Å²) in [5.41, 5.74) is 10.1. The number of hydrogen-bond acceptors (Lipinski definition) is 3. The highest BCUT2D eigenvalue weighted by molar-refractivity contribution is 5.91. The average Bonchev–Trinajstić information content (AvgIpc) is 2.60. The van der Waals surface area contributed by atoms with Gasteiger partial charge in [0.15, 0.2) is 6.61 Å². The van der Waals surface area contributed by atoms with Gasteiger partial charge in [-0.1, -0.05) is 18.2 Å². The maximum Gasteiger partial charge on any atom is 0.262 e. The zero-order valence-corrected chi connectivity index (χ0v) is 13.2. The Balaban J connectivity index is 1.54. The maximum absolute atomic E-state index is 12.0. The molecule has 0 atom stereocenters. The lowest BCUT2D eigenvalue weighted by atomic mass is 9.92. The Labute approximate surface area is 136 Å². The van der Waals surface area contributed by atoms with Crippen molar-refractivity contribution in [1.82, 2.24) is 0 Å². The molecule has 1 amide bonds. The molecule has 1 aliphatic carbocycles. The third-order valence-corrected chi connectivity index (χ3v) is 4.16. The fourth-order valence-electron chi connectivity index (χ4n) is 2.87. The fourth-order valence-corrected chi connectivity index (χ4v) is 2.87. The van der Waals surface area contributed by atoms with E-state index in [1.807, 2.05) is 30.3 Å². The molecular formula is C19H22N2O2. The lowest BCUT2D eigenvalue weighted by Crippen LogP contribution is -2.20. The number of fused-ring (bicyclic) bond motifs is 1. The van der Waals surface area contributed by atoms with Crippen molar-refractivity contribution < 1.29 is 9.53 Å². The first-order chi connectivity index (χ1) is 11.2. The first-order valence-corrected chi connectivity index (χ1v) is 8.08. The van der Waals surface area contributed by atoms with Crippen molar-refractivity contribution in [2.24, 2.45) is 5.73 Å². The van der Waals surface area contributed by atoms with Gasteiger partial charge in [0, 0.05) is 12.2 Å². The van der Waals surface area contributed by atoms with Gasteiger partial charge in [0.2, 0.25) is 0 Å². The van der Waals surface area contributed by atoms with Crippen LogP contribution in [0.2, 0.25) is 0 Å². The molecule has 120 valence electrons. The Morgan fingerprint density at radius 2 is 1.78 bits per heavy atom. The van der Waals surface area contributed by atoms with Crippen LogP contribution in [0.4, 0.5) is 5.69 Å². The van der Waals surface area contributed by atoms with E-state index >= 15 is 0 Å². The molecule has 0 unspecified atom stereocenters. The number of carbonyl (C=O) groups excluding carboxylic acids is 1. The van der Waals surface area contributed by atoms with Crippen molar-refractivity contribution in [3.63, 3.8) is 0 Å². The Kier molecular flexibility index (Phi) is 4.93. The lowest BCUT2D eigenvalue weighted by Gasteiger charge is -2.16. The number of hydrogen-bond donors (Lipinski definition) is 2. The van der Waals surface area contributed by atoms with Gasteiger partial charge in [0.05, 0.1) is 0 Å². The molecule has 2 aromatic rings. The van der Waals surface area contributed by atoms with Crippen LogP contribution in [0.3, 0.4) is 0 Å². The third kappa shape index (κ3) is 4.11.